The molecule has 3 aromatic carbocycles. The lowest BCUT2D eigenvalue weighted by atomic mass is 9.90. The minimum atomic E-state index is 0.502. The largest absolute Gasteiger partial charge is 0.493 e. The number of rotatable bonds is 4. The van der Waals surface area contributed by atoms with E-state index in [0.29, 0.717) is 5.92 Å². The summed E-state index contributed by atoms with van der Waals surface area (Å²) in [6, 6.07) is 21.4. The van der Waals surface area contributed by atoms with Gasteiger partial charge in [-0.15, -0.1) is 0 Å². The molecular formula is C26H26N2O. The van der Waals surface area contributed by atoms with Gasteiger partial charge in [0.1, 0.15) is 5.75 Å². The third kappa shape index (κ3) is 3.36. The number of ether oxygens (including phenoxy) is 1. The first kappa shape index (κ1) is 18.1. The zero-order valence-corrected chi connectivity index (χ0v) is 17.0. The molecule has 146 valence electrons. The molecule has 0 fully saturated rings. The van der Waals surface area contributed by atoms with Crippen molar-refractivity contribution >= 4 is 21.7 Å². The van der Waals surface area contributed by atoms with E-state index in [0.717, 1.165) is 48.6 Å². The molecule has 0 saturated heterocycles. The third-order valence-electron chi connectivity index (χ3n) is 5.64. The van der Waals surface area contributed by atoms with E-state index >= 15 is 0 Å². The molecule has 3 heteroatoms. The lowest BCUT2D eigenvalue weighted by Crippen LogP contribution is -2.25. The van der Waals surface area contributed by atoms with Crippen LogP contribution in [-0.2, 0) is 13.0 Å². The van der Waals surface area contributed by atoms with Crippen molar-refractivity contribution in [1.29, 1.82) is 0 Å². The maximum Gasteiger partial charge on any atom is 0.119 e. The molecule has 1 N–H and O–H groups in total. The van der Waals surface area contributed by atoms with Crippen molar-refractivity contribution in [3.63, 3.8) is 0 Å². The van der Waals surface area contributed by atoms with Crippen LogP contribution in [0.5, 0.6) is 5.75 Å². The van der Waals surface area contributed by atoms with Gasteiger partial charge in [-0.05, 0) is 59.0 Å². The van der Waals surface area contributed by atoms with Crippen LogP contribution in [0.15, 0.2) is 60.7 Å². The van der Waals surface area contributed by atoms with E-state index in [2.05, 4.69) is 73.8 Å². The minimum Gasteiger partial charge on any atom is -0.493 e. The van der Waals surface area contributed by atoms with E-state index in [1.165, 1.54) is 27.3 Å². The van der Waals surface area contributed by atoms with Crippen LogP contribution in [0.3, 0.4) is 0 Å². The summed E-state index contributed by atoms with van der Waals surface area (Å²) in [6.07, 6.45) is 1.03. The lowest BCUT2D eigenvalue weighted by Gasteiger charge is -2.23. The second-order valence-corrected chi connectivity index (χ2v) is 8.26. The molecule has 0 radical (unpaired) electrons. The Hall–Kier alpha value is -2.91. The Kier molecular flexibility index (Phi) is 4.69. The van der Waals surface area contributed by atoms with Crippen LogP contribution in [0.25, 0.3) is 32.9 Å². The maximum absolute atomic E-state index is 5.98. The van der Waals surface area contributed by atoms with Crippen LogP contribution in [0.4, 0.5) is 0 Å². The van der Waals surface area contributed by atoms with Gasteiger partial charge < -0.3 is 10.1 Å². The van der Waals surface area contributed by atoms with Gasteiger partial charge in [-0.2, -0.15) is 0 Å². The highest BCUT2D eigenvalue weighted by atomic mass is 16.5. The quantitative estimate of drug-likeness (QED) is 0.457. The Labute approximate surface area is 171 Å². The Balaban J connectivity index is 1.71. The Bertz CT molecular complexity index is 1200. The van der Waals surface area contributed by atoms with Gasteiger partial charge in [-0.3, -0.25) is 0 Å². The highest BCUT2D eigenvalue weighted by molar-refractivity contribution is 6.09. The molecule has 5 rings (SSSR count). The summed E-state index contributed by atoms with van der Waals surface area (Å²) in [5.41, 5.74) is 6.04. The highest BCUT2D eigenvalue weighted by Gasteiger charge is 2.20. The molecule has 4 aromatic rings. The van der Waals surface area contributed by atoms with E-state index in [1.807, 2.05) is 6.07 Å². The van der Waals surface area contributed by atoms with Gasteiger partial charge in [-0.25, -0.2) is 4.98 Å². The smallest absolute Gasteiger partial charge is 0.119 e. The summed E-state index contributed by atoms with van der Waals surface area (Å²) in [6.45, 7) is 6.92. The fourth-order valence-corrected chi connectivity index (χ4v) is 4.28. The van der Waals surface area contributed by atoms with Crippen molar-refractivity contribution in [2.75, 3.05) is 13.2 Å². The molecule has 0 bridgehead atoms. The van der Waals surface area contributed by atoms with Gasteiger partial charge in [0.25, 0.3) is 0 Å². The first-order chi connectivity index (χ1) is 14.2. The van der Waals surface area contributed by atoms with Crippen molar-refractivity contribution in [1.82, 2.24) is 10.3 Å². The van der Waals surface area contributed by atoms with Crippen molar-refractivity contribution in [2.24, 2.45) is 5.92 Å². The first-order valence-electron chi connectivity index (χ1n) is 10.5. The molecule has 0 aliphatic carbocycles. The zero-order valence-electron chi connectivity index (χ0n) is 17.0. The van der Waals surface area contributed by atoms with Crippen LogP contribution in [0, 0.1) is 5.92 Å². The summed E-state index contributed by atoms with van der Waals surface area (Å²) in [7, 11) is 0. The average Bonchev–Trinajstić information content (AvgIpc) is 2.77. The van der Waals surface area contributed by atoms with Crippen molar-refractivity contribution in [3.8, 4) is 17.0 Å². The van der Waals surface area contributed by atoms with Gasteiger partial charge in [0, 0.05) is 17.5 Å². The standard InChI is InChI=1S/C26H26N2O/c1-17(2)16-29-20-8-5-7-19(14-20)26-23-15-27-13-12-22(23)25-21-9-4-3-6-18(21)10-11-24(25)28-26/h3-11,14,17,27H,12-13,15-16H2,1-2H3. The molecule has 0 atom stereocenters. The molecular weight excluding hydrogens is 356 g/mol. The minimum absolute atomic E-state index is 0.502. The number of nitrogens with zero attached hydrogens (tertiary/aromatic N) is 1. The van der Waals surface area contributed by atoms with Crippen LogP contribution >= 0.6 is 0 Å². The van der Waals surface area contributed by atoms with Crippen molar-refractivity contribution in [2.45, 2.75) is 26.8 Å². The van der Waals surface area contributed by atoms with Gasteiger partial charge >= 0.3 is 0 Å². The molecule has 0 spiro atoms. The van der Waals surface area contributed by atoms with E-state index in [4.69, 9.17) is 9.72 Å². The number of nitrogens with one attached hydrogen (secondary N) is 1. The summed E-state index contributed by atoms with van der Waals surface area (Å²) in [5.74, 6) is 1.41. The van der Waals surface area contributed by atoms with Gasteiger partial charge in [-0.1, -0.05) is 56.3 Å². The number of aromatic nitrogens is 1. The fraction of sp³-hybridized carbons (Fsp3) is 0.269. The normalized spacial score (nSPS) is 13.8. The molecule has 2 heterocycles. The number of pyridine rings is 1. The highest BCUT2D eigenvalue weighted by Crippen LogP contribution is 2.36. The Morgan fingerprint density at radius 3 is 2.79 bits per heavy atom. The zero-order chi connectivity index (χ0) is 19.8. The van der Waals surface area contributed by atoms with Gasteiger partial charge in [0.2, 0.25) is 0 Å². The predicted molar refractivity (Wildman–Crippen MR) is 120 cm³/mol. The number of benzene rings is 3. The third-order valence-corrected chi connectivity index (χ3v) is 5.64. The van der Waals surface area contributed by atoms with Crippen LogP contribution in [0.1, 0.15) is 25.0 Å². The van der Waals surface area contributed by atoms with E-state index in [9.17, 15) is 0 Å². The second kappa shape index (κ2) is 7.49. The van der Waals surface area contributed by atoms with Crippen LogP contribution in [0.2, 0.25) is 0 Å². The number of hydrogen-bond donors (Lipinski definition) is 1. The first-order valence-corrected chi connectivity index (χ1v) is 10.5. The molecule has 3 nitrogen and oxygen atoms in total. The Morgan fingerprint density at radius 1 is 1.00 bits per heavy atom. The molecule has 1 aliphatic rings. The van der Waals surface area contributed by atoms with Gasteiger partial charge in [0.15, 0.2) is 0 Å². The number of hydrogen-bond acceptors (Lipinski definition) is 3. The second-order valence-electron chi connectivity index (χ2n) is 8.26. The van der Waals surface area contributed by atoms with Crippen LogP contribution in [-0.4, -0.2) is 18.1 Å². The fourth-order valence-electron chi connectivity index (χ4n) is 4.28. The van der Waals surface area contributed by atoms with Crippen LogP contribution < -0.4 is 10.1 Å². The average molecular weight is 383 g/mol. The summed E-state index contributed by atoms with van der Waals surface area (Å²) in [4.78, 5) is 5.15. The molecule has 0 amide bonds. The molecule has 1 aliphatic heterocycles. The maximum atomic E-state index is 5.98. The molecule has 0 unspecified atom stereocenters. The molecule has 29 heavy (non-hydrogen) atoms. The molecule has 1 aromatic heterocycles. The van der Waals surface area contributed by atoms with Gasteiger partial charge in [0.05, 0.1) is 17.8 Å². The summed E-state index contributed by atoms with van der Waals surface area (Å²) in [5, 5.41) is 7.44. The summed E-state index contributed by atoms with van der Waals surface area (Å²) >= 11 is 0. The topological polar surface area (TPSA) is 34.1 Å². The monoisotopic (exact) mass is 382 g/mol. The van der Waals surface area contributed by atoms with E-state index in [1.54, 1.807) is 0 Å². The van der Waals surface area contributed by atoms with E-state index < -0.39 is 0 Å². The van der Waals surface area contributed by atoms with Crippen molar-refractivity contribution < 1.29 is 4.74 Å². The SMILES string of the molecule is CC(C)COc1cccc(-c2nc3ccc4ccccc4c3c3c2CNCC3)c1. The Morgan fingerprint density at radius 2 is 1.90 bits per heavy atom. The number of fused-ring (bicyclic) bond motifs is 5. The lowest BCUT2D eigenvalue weighted by molar-refractivity contribution is 0.271. The predicted octanol–water partition coefficient (Wildman–Crippen LogP) is 5.74. The van der Waals surface area contributed by atoms with Crippen molar-refractivity contribution in [3.05, 3.63) is 71.8 Å². The summed E-state index contributed by atoms with van der Waals surface area (Å²) < 4.78 is 5.98. The molecule has 0 saturated carbocycles. The van der Waals surface area contributed by atoms with E-state index in [-0.39, 0.29) is 0 Å².